The summed E-state index contributed by atoms with van der Waals surface area (Å²) >= 11 is 0. The molecule has 0 bridgehead atoms. The number of hydrogen-bond donors (Lipinski definition) is 1. The van der Waals surface area contributed by atoms with Gasteiger partial charge in [0.2, 0.25) is 0 Å². The summed E-state index contributed by atoms with van der Waals surface area (Å²) in [7, 11) is 0. The van der Waals surface area contributed by atoms with E-state index in [4.69, 9.17) is 0 Å². The Morgan fingerprint density at radius 3 is 2.55 bits per heavy atom. The third-order valence-electron chi connectivity index (χ3n) is 6.16. The minimum absolute atomic E-state index is 0.662. The highest BCUT2D eigenvalue weighted by atomic mass is 16.5. The molecule has 3 nitrogen and oxygen atoms in total. The molecule has 3 fully saturated rings. The van der Waals surface area contributed by atoms with Gasteiger partial charge in [0.25, 0.3) is 0 Å². The zero-order chi connectivity index (χ0) is 14.9. The SMILES string of the molecule is ON1CC2CCC(c3ccc(CCN4CCCC4)cc3)C2C1. The first-order valence-electron chi connectivity index (χ1n) is 9.04. The molecule has 1 N–H and O–H groups in total. The number of nitrogens with zero attached hydrogens (tertiary/aromatic N) is 2. The first-order chi connectivity index (χ1) is 10.8. The van der Waals surface area contributed by atoms with Crippen LogP contribution >= 0.6 is 0 Å². The smallest absolute Gasteiger partial charge is 0.0275 e. The van der Waals surface area contributed by atoms with Gasteiger partial charge in [0.05, 0.1) is 0 Å². The van der Waals surface area contributed by atoms with Crippen molar-refractivity contribution in [3.05, 3.63) is 35.4 Å². The average molecular weight is 300 g/mol. The highest BCUT2D eigenvalue weighted by molar-refractivity contribution is 5.27. The van der Waals surface area contributed by atoms with Gasteiger partial charge in [0, 0.05) is 19.6 Å². The van der Waals surface area contributed by atoms with Crippen molar-refractivity contribution in [2.45, 2.75) is 38.0 Å². The van der Waals surface area contributed by atoms with Gasteiger partial charge in [-0.25, -0.2) is 0 Å². The second-order valence-electron chi connectivity index (χ2n) is 7.52. The first kappa shape index (κ1) is 14.7. The zero-order valence-corrected chi connectivity index (χ0v) is 13.5. The molecule has 3 unspecified atom stereocenters. The molecule has 3 heteroatoms. The predicted molar refractivity (Wildman–Crippen MR) is 88.1 cm³/mol. The van der Waals surface area contributed by atoms with E-state index in [0.29, 0.717) is 17.8 Å². The summed E-state index contributed by atoms with van der Waals surface area (Å²) in [6, 6.07) is 9.38. The number of likely N-dealkylation sites (tertiary alicyclic amines) is 1. The molecule has 22 heavy (non-hydrogen) atoms. The van der Waals surface area contributed by atoms with Crippen LogP contribution in [-0.4, -0.2) is 47.9 Å². The van der Waals surface area contributed by atoms with Gasteiger partial charge < -0.3 is 10.1 Å². The van der Waals surface area contributed by atoms with Gasteiger partial charge in [-0.1, -0.05) is 24.3 Å². The molecule has 0 spiro atoms. The van der Waals surface area contributed by atoms with Crippen LogP contribution in [0.25, 0.3) is 0 Å². The molecule has 2 heterocycles. The first-order valence-corrected chi connectivity index (χ1v) is 9.04. The van der Waals surface area contributed by atoms with E-state index in [-0.39, 0.29) is 0 Å². The molecule has 0 radical (unpaired) electrons. The minimum atomic E-state index is 0.662. The largest absolute Gasteiger partial charge is 0.314 e. The molecule has 3 atom stereocenters. The van der Waals surface area contributed by atoms with Crippen LogP contribution in [0.2, 0.25) is 0 Å². The maximum atomic E-state index is 9.75. The van der Waals surface area contributed by atoms with E-state index in [9.17, 15) is 5.21 Å². The lowest BCUT2D eigenvalue weighted by Crippen LogP contribution is -2.22. The Labute approximate surface area is 133 Å². The second kappa shape index (κ2) is 6.31. The van der Waals surface area contributed by atoms with Gasteiger partial charge in [0.1, 0.15) is 0 Å². The maximum absolute atomic E-state index is 9.75. The predicted octanol–water partition coefficient (Wildman–Crippen LogP) is 3.14. The fraction of sp³-hybridized carbons (Fsp3) is 0.684. The van der Waals surface area contributed by atoms with Crippen molar-refractivity contribution >= 4 is 0 Å². The number of fused-ring (bicyclic) bond motifs is 1. The maximum Gasteiger partial charge on any atom is 0.0275 e. The monoisotopic (exact) mass is 300 g/mol. The summed E-state index contributed by atoms with van der Waals surface area (Å²) < 4.78 is 0. The lowest BCUT2D eigenvalue weighted by molar-refractivity contribution is -0.0756. The highest BCUT2D eigenvalue weighted by Gasteiger charge is 2.42. The topological polar surface area (TPSA) is 26.7 Å². The third kappa shape index (κ3) is 2.94. The van der Waals surface area contributed by atoms with E-state index in [1.165, 1.54) is 67.9 Å². The lowest BCUT2D eigenvalue weighted by Gasteiger charge is -2.19. The number of hydrogen-bond acceptors (Lipinski definition) is 3. The summed E-state index contributed by atoms with van der Waals surface area (Å²) in [5.41, 5.74) is 2.97. The van der Waals surface area contributed by atoms with Crippen molar-refractivity contribution in [2.24, 2.45) is 11.8 Å². The molecule has 3 aliphatic rings. The van der Waals surface area contributed by atoms with Crippen LogP contribution in [0.5, 0.6) is 0 Å². The molecule has 2 saturated heterocycles. The Morgan fingerprint density at radius 1 is 1.00 bits per heavy atom. The Balaban J connectivity index is 1.37. The van der Waals surface area contributed by atoms with Crippen LogP contribution in [0.4, 0.5) is 0 Å². The van der Waals surface area contributed by atoms with Crippen molar-refractivity contribution in [3.63, 3.8) is 0 Å². The molecule has 1 aromatic carbocycles. The van der Waals surface area contributed by atoms with E-state index >= 15 is 0 Å². The molecule has 1 saturated carbocycles. The van der Waals surface area contributed by atoms with Gasteiger partial charge in [-0.2, -0.15) is 5.06 Å². The highest BCUT2D eigenvalue weighted by Crippen LogP contribution is 2.47. The van der Waals surface area contributed by atoms with Crippen LogP contribution in [0.3, 0.4) is 0 Å². The van der Waals surface area contributed by atoms with Crippen LogP contribution in [0, 0.1) is 11.8 Å². The van der Waals surface area contributed by atoms with Crippen LogP contribution in [-0.2, 0) is 6.42 Å². The number of rotatable bonds is 4. The van der Waals surface area contributed by atoms with E-state index in [2.05, 4.69) is 29.2 Å². The Hall–Kier alpha value is -0.900. The molecular formula is C19H28N2O. The van der Waals surface area contributed by atoms with Crippen molar-refractivity contribution in [2.75, 3.05) is 32.7 Å². The Bertz CT molecular complexity index is 495. The molecule has 2 aliphatic heterocycles. The van der Waals surface area contributed by atoms with Crippen molar-refractivity contribution in [1.82, 2.24) is 9.96 Å². The molecule has 0 amide bonds. The number of benzene rings is 1. The Kier molecular flexibility index (Phi) is 4.21. The molecule has 1 aliphatic carbocycles. The van der Waals surface area contributed by atoms with E-state index in [1.54, 1.807) is 0 Å². The molecule has 4 rings (SSSR count). The third-order valence-corrected chi connectivity index (χ3v) is 6.16. The van der Waals surface area contributed by atoms with E-state index in [1.807, 2.05) is 0 Å². The van der Waals surface area contributed by atoms with Crippen molar-refractivity contribution < 1.29 is 5.21 Å². The van der Waals surface area contributed by atoms with E-state index in [0.717, 1.165) is 13.1 Å². The fourth-order valence-electron chi connectivity index (χ4n) is 4.88. The summed E-state index contributed by atoms with van der Waals surface area (Å²) in [6.07, 6.45) is 6.52. The van der Waals surface area contributed by atoms with Crippen LogP contribution < -0.4 is 0 Å². The lowest BCUT2D eigenvalue weighted by atomic mass is 9.86. The van der Waals surface area contributed by atoms with Gasteiger partial charge >= 0.3 is 0 Å². The van der Waals surface area contributed by atoms with Crippen molar-refractivity contribution in [1.29, 1.82) is 0 Å². The normalized spacial score (nSPS) is 32.7. The summed E-state index contributed by atoms with van der Waals surface area (Å²) in [5.74, 6) is 2.04. The standard InChI is InChI=1S/C19H28N2O/c22-21-13-17-7-8-18(19(17)14-21)16-5-3-15(4-6-16)9-12-20-10-1-2-11-20/h3-6,17-19,22H,1-2,7-14H2. The van der Waals surface area contributed by atoms with Gasteiger partial charge in [-0.05, 0) is 74.1 Å². The van der Waals surface area contributed by atoms with Crippen LogP contribution in [0.1, 0.15) is 42.7 Å². The van der Waals surface area contributed by atoms with Gasteiger partial charge in [-0.3, -0.25) is 0 Å². The summed E-state index contributed by atoms with van der Waals surface area (Å²) in [5, 5.41) is 11.3. The quantitative estimate of drug-likeness (QED) is 0.925. The van der Waals surface area contributed by atoms with Crippen LogP contribution in [0.15, 0.2) is 24.3 Å². The number of hydroxylamine groups is 2. The summed E-state index contributed by atoms with van der Waals surface area (Å²) in [4.78, 5) is 2.59. The van der Waals surface area contributed by atoms with E-state index < -0.39 is 0 Å². The fourth-order valence-corrected chi connectivity index (χ4v) is 4.88. The minimum Gasteiger partial charge on any atom is -0.314 e. The molecule has 0 aromatic heterocycles. The average Bonchev–Trinajstić information content (AvgIpc) is 3.22. The summed E-state index contributed by atoms with van der Waals surface area (Å²) in [6.45, 7) is 5.55. The zero-order valence-electron chi connectivity index (χ0n) is 13.5. The molecule has 120 valence electrons. The Morgan fingerprint density at radius 2 is 1.77 bits per heavy atom. The molecule has 1 aromatic rings. The van der Waals surface area contributed by atoms with Gasteiger partial charge in [0.15, 0.2) is 0 Å². The second-order valence-corrected chi connectivity index (χ2v) is 7.52. The van der Waals surface area contributed by atoms with Gasteiger partial charge in [-0.15, -0.1) is 0 Å². The molecular weight excluding hydrogens is 272 g/mol. The van der Waals surface area contributed by atoms with Crippen molar-refractivity contribution in [3.8, 4) is 0 Å².